The Balaban J connectivity index is 1.82. The van der Waals surface area contributed by atoms with Gasteiger partial charge in [-0.1, -0.05) is 0 Å². The van der Waals surface area contributed by atoms with Crippen molar-refractivity contribution >= 4 is 11.7 Å². The highest BCUT2D eigenvalue weighted by Crippen LogP contribution is 2.41. The molecule has 4 N–H and O–H groups in total. The van der Waals surface area contributed by atoms with Gasteiger partial charge in [0.25, 0.3) is 11.5 Å². The van der Waals surface area contributed by atoms with E-state index in [9.17, 15) is 35.9 Å². The maximum absolute atomic E-state index is 14.7. The van der Waals surface area contributed by atoms with Gasteiger partial charge in [-0.2, -0.15) is 13.2 Å². The lowest BCUT2D eigenvalue weighted by Crippen LogP contribution is -2.52. The minimum Gasteiger partial charge on any atom is -0.329 e. The zero-order valence-electron chi connectivity index (χ0n) is 17.3. The number of piperidine rings is 1. The molecule has 0 spiro atoms. The van der Waals surface area contributed by atoms with Crippen molar-refractivity contribution in [3.63, 3.8) is 0 Å². The first-order valence-corrected chi connectivity index (χ1v) is 9.88. The first-order chi connectivity index (χ1) is 15.3. The summed E-state index contributed by atoms with van der Waals surface area (Å²) in [7, 11) is 0. The number of carbonyl (C=O) groups excluding carboxylic acids is 1. The van der Waals surface area contributed by atoms with Crippen molar-refractivity contribution in [1.29, 1.82) is 0 Å². The summed E-state index contributed by atoms with van der Waals surface area (Å²) in [6.45, 7) is 0.940. The van der Waals surface area contributed by atoms with Gasteiger partial charge in [-0.3, -0.25) is 14.5 Å². The normalized spacial score (nSPS) is 20.8. The molecule has 33 heavy (non-hydrogen) atoms. The first-order valence-electron chi connectivity index (χ1n) is 9.88. The van der Waals surface area contributed by atoms with E-state index < -0.39 is 59.4 Å². The van der Waals surface area contributed by atoms with Gasteiger partial charge in [0.1, 0.15) is 17.7 Å². The Labute approximate surface area is 184 Å². The minimum absolute atomic E-state index is 0.0681. The van der Waals surface area contributed by atoms with Crippen LogP contribution in [0.15, 0.2) is 35.4 Å². The van der Waals surface area contributed by atoms with E-state index in [1.54, 1.807) is 0 Å². The number of hydrogen-bond acceptors (Lipinski definition) is 5. The van der Waals surface area contributed by atoms with Crippen LogP contribution in [-0.4, -0.2) is 52.0 Å². The third-order valence-corrected chi connectivity index (χ3v) is 5.61. The van der Waals surface area contributed by atoms with Gasteiger partial charge < -0.3 is 16.0 Å². The van der Waals surface area contributed by atoms with E-state index in [0.29, 0.717) is 0 Å². The molecule has 1 amide bonds. The lowest BCUT2D eigenvalue weighted by atomic mass is 9.86. The largest absolute Gasteiger partial charge is 0.407 e. The number of halogens is 6. The molecule has 13 heteroatoms. The zero-order chi connectivity index (χ0) is 24.6. The highest BCUT2D eigenvalue weighted by molar-refractivity contribution is 5.93. The second-order valence-electron chi connectivity index (χ2n) is 7.82. The number of H-pyrrole nitrogens is 1. The van der Waals surface area contributed by atoms with Gasteiger partial charge in [-0.15, -0.1) is 0 Å². The van der Waals surface area contributed by atoms with Crippen molar-refractivity contribution < 1.29 is 31.1 Å². The number of nitrogens with one attached hydrogen (secondary N) is 2. The maximum Gasteiger partial charge on any atom is 0.407 e. The highest BCUT2D eigenvalue weighted by Gasteiger charge is 2.47. The predicted molar refractivity (Wildman–Crippen MR) is 106 cm³/mol. The van der Waals surface area contributed by atoms with Crippen LogP contribution in [0.2, 0.25) is 0 Å². The molecule has 7 nitrogen and oxygen atoms in total. The topological polar surface area (TPSA) is 104 Å². The number of alkyl halides is 5. The van der Waals surface area contributed by atoms with E-state index in [1.165, 1.54) is 17.9 Å². The number of nitrogens with zero attached hydrogens (tertiary/aromatic N) is 2. The number of amides is 1. The second kappa shape index (κ2) is 9.14. The quantitative estimate of drug-likeness (QED) is 0.575. The molecule has 180 valence electrons. The van der Waals surface area contributed by atoms with Gasteiger partial charge in [0.2, 0.25) is 5.91 Å². The minimum atomic E-state index is -4.94. The van der Waals surface area contributed by atoms with Crippen molar-refractivity contribution in [2.75, 3.05) is 18.4 Å². The lowest BCUT2D eigenvalue weighted by Gasteiger charge is -2.40. The molecule has 0 radical (unpaired) electrons. The van der Waals surface area contributed by atoms with Gasteiger partial charge in [0.15, 0.2) is 0 Å². The van der Waals surface area contributed by atoms with Crippen molar-refractivity contribution in [3.8, 4) is 0 Å². The third kappa shape index (κ3) is 5.53. The summed E-state index contributed by atoms with van der Waals surface area (Å²) in [5.74, 6) is -6.02. The maximum atomic E-state index is 14.7. The Kier molecular flexibility index (Phi) is 6.84. The summed E-state index contributed by atoms with van der Waals surface area (Å²) in [5, 5.41) is 2.45. The fraction of sp³-hybridized carbons (Fsp3) is 0.450. The van der Waals surface area contributed by atoms with Crippen LogP contribution in [0, 0.1) is 5.82 Å². The number of pyridine rings is 2. The molecule has 1 aliphatic rings. The summed E-state index contributed by atoms with van der Waals surface area (Å²) in [6, 6.07) is -0.479. The Hall–Kier alpha value is -2.93. The van der Waals surface area contributed by atoms with E-state index in [0.717, 1.165) is 24.5 Å². The fourth-order valence-corrected chi connectivity index (χ4v) is 3.60. The Morgan fingerprint density at radius 3 is 2.67 bits per heavy atom. The smallest absolute Gasteiger partial charge is 0.329 e. The summed E-state index contributed by atoms with van der Waals surface area (Å²) in [4.78, 5) is 31.6. The van der Waals surface area contributed by atoms with E-state index in [2.05, 4.69) is 15.3 Å². The third-order valence-electron chi connectivity index (χ3n) is 5.61. The van der Waals surface area contributed by atoms with Gasteiger partial charge in [-0.25, -0.2) is 18.2 Å². The van der Waals surface area contributed by atoms with Crippen molar-refractivity contribution in [2.24, 2.45) is 5.73 Å². The summed E-state index contributed by atoms with van der Waals surface area (Å²) in [6.07, 6.45) is -3.76. The predicted octanol–water partition coefficient (Wildman–Crippen LogP) is 2.92. The molecular weight excluding hydrogens is 456 g/mol. The van der Waals surface area contributed by atoms with Crippen LogP contribution in [-0.2, 0) is 4.79 Å². The van der Waals surface area contributed by atoms with Gasteiger partial charge in [0, 0.05) is 31.3 Å². The SMILES string of the molecule is C[C@@H](C(=O)Nc1ccc(F)cn1)N1CCC(F)(F)C(c2c[nH]c(=O)c(C(N)C(F)(F)F)c2)C1. The molecule has 1 aliphatic heterocycles. The van der Waals surface area contributed by atoms with Crippen LogP contribution < -0.4 is 16.6 Å². The summed E-state index contributed by atoms with van der Waals surface area (Å²) >= 11 is 0. The highest BCUT2D eigenvalue weighted by atomic mass is 19.4. The van der Waals surface area contributed by atoms with Gasteiger partial charge in [-0.05, 0) is 30.7 Å². The number of anilines is 1. The number of aromatic nitrogens is 2. The van der Waals surface area contributed by atoms with Crippen LogP contribution in [0.3, 0.4) is 0 Å². The zero-order valence-corrected chi connectivity index (χ0v) is 17.3. The van der Waals surface area contributed by atoms with E-state index in [1.807, 2.05) is 0 Å². The monoisotopic (exact) mass is 477 g/mol. The van der Waals surface area contributed by atoms with E-state index >= 15 is 0 Å². The van der Waals surface area contributed by atoms with E-state index in [-0.39, 0.29) is 24.5 Å². The second-order valence-corrected chi connectivity index (χ2v) is 7.82. The van der Waals surface area contributed by atoms with Gasteiger partial charge in [0.05, 0.1) is 18.2 Å². The van der Waals surface area contributed by atoms with Gasteiger partial charge >= 0.3 is 6.18 Å². The molecule has 2 aromatic rings. The van der Waals surface area contributed by atoms with Crippen LogP contribution in [0.25, 0.3) is 0 Å². The molecule has 0 saturated carbocycles. The molecule has 3 atom stereocenters. The number of rotatable bonds is 5. The van der Waals surface area contributed by atoms with Crippen LogP contribution >= 0.6 is 0 Å². The summed E-state index contributed by atoms with van der Waals surface area (Å²) < 4.78 is 81.4. The van der Waals surface area contributed by atoms with Crippen molar-refractivity contribution in [3.05, 3.63) is 57.9 Å². The van der Waals surface area contributed by atoms with Crippen molar-refractivity contribution in [2.45, 2.75) is 43.4 Å². The summed E-state index contributed by atoms with van der Waals surface area (Å²) in [5.41, 5.74) is 2.88. The average molecular weight is 477 g/mol. The van der Waals surface area contributed by atoms with Crippen molar-refractivity contribution in [1.82, 2.24) is 14.9 Å². The Bertz CT molecular complexity index is 1060. The molecule has 1 saturated heterocycles. The first kappa shape index (κ1) is 24.7. The molecule has 3 rings (SSSR count). The number of nitrogens with two attached hydrogens (primary N) is 1. The fourth-order valence-electron chi connectivity index (χ4n) is 3.60. The molecule has 0 bridgehead atoms. The molecule has 0 aromatic carbocycles. The number of carbonyl (C=O) groups is 1. The van der Waals surface area contributed by atoms with Crippen LogP contribution in [0.1, 0.15) is 36.4 Å². The number of likely N-dealkylation sites (tertiary alicyclic amines) is 1. The lowest BCUT2D eigenvalue weighted by molar-refractivity contribution is -0.149. The molecule has 1 fully saturated rings. The molecule has 2 unspecified atom stereocenters. The molecule has 0 aliphatic carbocycles. The van der Waals surface area contributed by atoms with Crippen LogP contribution in [0.4, 0.5) is 32.2 Å². The molecular formula is C20H21F6N5O2. The Morgan fingerprint density at radius 2 is 2.06 bits per heavy atom. The molecule has 2 aromatic heterocycles. The molecule has 3 heterocycles. The standard InChI is InChI=1S/C20H21F6N5O2/c1-10(17(32)30-15-3-2-12(21)8-28-15)31-5-4-19(22,23)14(9-31)11-6-13(18(33)29-7-11)16(27)20(24,25)26/h2-3,6-8,10,14,16H,4-5,9,27H2,1H3,(H,29,33)(H,28,30,32)/t10-,14?,16?/m0/s1. The average Bonchev–Trinajstić information content (AvgIpc) is 2.74. The van der Waals surface area contributed by atoms with E-state index in [4.69, 9.17) is 5.73 Å². The van der Waals surface area contributed by atoms with Crippen LogP contribution in [0.5, 0.6) is 0 Å². The number of hydrogen-bond donors (Lipinski definition) is 3. The number of aromatic amines is 1. The Morgan fingerprint density at radius 1 is 1.36 bits per heavy atom.